The molecule has 1 aromatic rings. The highest BCUT2D eigenvalue weighted by Gasteiger charge is 2.13. The van der Waals surface area contributed by atoms with Gasteiger partial charge in [0, 0.05) is 10.1 Å². The Kier molecular flexibility index (Phi) is 1.74. The summed E-state index contributed by atoms with van der Waals surface area (Å²) in [6.07, 6.45) is 0.250. The Morgan fingerprint density at radius 1 is 1.60 bits per heavy atom. The van der Waals surface area contributed by atoms with Crippen LogP contribution in [0.4, 0.5) is 0 Å². The van der Waals surface area contributed by atoms with E-state index in [0.29, 0.717) is 11.5 Å². The van der Waals surface area contributed by atoms with Crippen LogP contribution in [-0.2, 0) is 6.42 Å². The van der Waals surface area contributed by atoms with Gasteiger partial charge in [0.1, 0.15) is 2.74 Å². The van der Waals surface area contributed by atoms with Crippen LogP contribution in [0.3, 0.4) is 0 Å². The van der Waals surface area contributed by atoms with E-state index < -0.39 is 19.3 Å². The third-order valence-corrected chi connectivity index (χ3v) is 2.12. The molecule has 0 radical (unpaired) electrons. The summed E-state index contributed by atoms with van der Waals surface area (Å²) in [5.41, 5.74) is 0.735. The Hall–Kier alpha value is -1.22. The van der Waals surface area contributed by atoms with E-state index in [9.17, 15) is 0 Å². The van der Waals surface area contributed by atoms with Gasteiger partial charge in [-0.15, -0.1) is 0 Å². The number of hydrogen-bond acceptors (Lipinski definition) is 3. The molecule has 0 aliphatic carbocycles. The van der Waals surface area contributed by atoms with Crippen LogP contribution in [0, 0.1) is 0 Å². The summed E-state index contributed by atoms with van der Waals surface area (Å²) in [7, 11) is 0. The van der Waals surface area contributed by atoms with Gasteiger partial charge in [0.15, 0.2) is 11.5 Å². The van der Waals surface area contributed by atoms with Crippen LogP contribution in [0.15, 0.2) is 18.2 Å². The molecule has 1 aliphatic heterocycles. The minimum absolute atomic E-state index is 0.250. The van der Waals surface area contributed by atoms with E-state index in [0.717, 1.165) is 5.56 Å². The number of likely N-dealkylation sites (N-methyl/N-ethyl adjacent to an activating group) is 1. The van der Waals surface area contributed by atoms with Crippen molar-refractivity contribution in [3.8, 4) is 11.5 Å². The molecule has 0 aromatic heterocycles. The molecular formula is C12H17NO2. The van der Waals surface area contributed by atoms with Crippen molar-refractivity contribution < 1.29 is 16.3 Å². The van der Waals surface area contributed by atoms with Gasteiger partial charge >= 0.3 is 0 Å². The van der Waals surface area contributed by atoms with Gasteiger partial charge in [0.2, 0.25) is 6.75 Å². The van der Waals surface area contributed by atoms with E-state index >= 15 is 0 Å². The molecule has 0 amide bonds. The molecule has 2 rings (SSSR count). The number of ether oxygens (including phenoxy) is 2. The van der Waals surface area contributed by atoms with E-state index in [1.165, 1.54) is 6.92 Å². The highest BCUT2D eigenvalue weighted by molar-refractivity contribution is 5.44. The van der Waals surface area contributed by atoms with Gasteiger partial charge in [-0.25, -0.2) is 0 Å². The monoisotopic (exact) mass is 212 g/mol. The van der Waals surface area contributed by atoms with Gasteiger partial charge in [0.05, 0.1) is 0 Å². The number of rotatable bonds is 4. The minimum Gasteiger partial charge on any atom is -0.454 e. The summed E-state index contributed by atoms with van der Waals surface area (Å²) in [6, 6.07) is 3.72. The van der Waals surface area contributed by atoms with Crippen LogP contribution < -0.4 is 14.8 Å². The number of fused-ring (bicyclic) bond motifs is 1. The Labute approximate surface area is 97.4 Å². The average Bonchev–Trinajstić information content (AvgIpc) is 2.46. The first kappa shape index (κ1) is 5.75. The van der Waals surface area contributed by atoms with E-state index in [2.05, 4.69) is 5.32 Å². The fraction of sp³-hybridized carbons (Fsp3) is 0.500. The lowest BCUT2D eigenvalue weighted by atomic mass is 10.1. The summed E-state index contributed by atoms with van der Waals surface area (Å²) < 4.78 is 47.7. The summed E-state index contributed by atoms with van der Waals surface area (Å²) >= 11 is 0. The van der Waals surface area contributed by atoms with E-state index in [-0.39, 0.29) is 6.42 Å². The quantitative estimate of drug-likeness (QED) is 0.827. The predicted octanol–water partition coefficient (Wildman–Crippen LogP) is 1.96. The predicted molar refractivity (Wildman–Crippen MR) is 59.4 cm³/mol. The normalized spacial score (nSPS) is 26.7. The van der Waals surface area contributed by atoms with Crippen LogP contribution in [0.25, 0.3) is 0 Å². The minimum atomic E-state index is -2.16. The van der Waals surface area contributed by atoms with Crippen LogP contribution in [0.2, 0.25) is 0 Å². The van der Waals surface area contributed by atoms with Gasteiger partial charge in [0.25, 0.3) is 0 Å². The Morgan fingerprint density at radius 3 is 3.20 bits per heavy atom. The molecule has 1 atom stereocenters. The number of nitrogens with one attached hydrogen (secondary N) is 1. The lowest BCUT2D eigenvalue weighted by molar-refractivity contribution is 0.174. The summed E-state index contributed by atoms with van der Waals surface area (Å²) in [6.45, 7) is -0.874. The first-order valence-corrected chi connectivity index (χ1v) is 4.76. The molecule has 1 aliphatic rings. The number of benzene rings is 1. The van der Waals surface area contributed by atoms with Crippen molar-refractivity contribution in [2.45, 2.75) is 26.3 Å². The van der Waals surface area contributed by atoms with Gasteiger partial charge in [-0.05, 0) is 37.5 Å². The summed E-state index contributed by atoms with van der Waals surface area (Å²) in [5, 5.41) is 2.58. The maximum Gasteiger partial charge on any atom is 0.231 e. The Morgan fingerprint density at radius 2 is 2.40 bits per heavy atom. The largest absolute Gasteiger partial charge is 0.454 e. The second-order valence-corrected chi connectivity index (χ2v) is 3.40. The van der Waals surface area contributed by atoms with Crippen LogP contribution in [0.1, 0.15) is 26.3 Å². The molecule has 82 valence electrons. The molecule has 1 N–H and O–H groups in total. The van der Waals surface area contributed by atoms with Crippen LogP contribution in [0.5, 0.6) is 11.5 Å². The van der Waals surface area contributed by atoms with Crippen molar-refractivity contribution in [1.82, 2.24) is 5.32 Å². The van der Waals surface area contributed by atoms with E-state index in [1.54, 1.807) is 25.1 Å². The lowest BCUT2D eigenvalue weighted by Crippen LogP contribution is -2.27. The fourth-order valence-corrected chi connectivity index (χ4v) is 1.50. The molecule has 0 spiro atoms. The van der Waals surface area contributed by atoms with Crippen molar-refractivity contribution in [3.63, 3.8) is 0 Å². The van der Waals surface area contributed by atoms with Crippen molar-refractivity contribution in [1.29, 1.82) is 0 Å². The highest BCUT2D eigenvalue weighted by atomic mass is 16.7. The lowest BCUT2D eigenvalue weighted by Gasteiger charge is -2.12. The molecule has 3 nitrogen and oxygen atoms in total. The fourth-order valence-electron chi connectivity index (χ4n) is 1.50. The van der Waals surface area contributed by atoms with Gasteiger partial charge in [-0.2, -0.15) is 0 Å². The topological polar surface area (TPSA) is 30.5 Å². The molecule has 1 heterocycles. The standard InChI is InChI=1S/C12H17NO2/c1-3-13-9(2)6-10-4-5-11-12(7-10)15-8-14-11/h4-5,7,9,13H,3,6,8H2,1-2H3/t9-/m0/s1/i3D2,8D2,9D. The zero-order valence-electron chi connectivity index (χ0n) is 13.8. The second kappa shape index (κ2) is 4.53. The zero-order valence-corrected chi connectivity index (χ0v) is 8.76. The first-order chi connectivity index (χ1) is 8.96. The maximum atomic E-state index is 8.10. The third kappa shape index (κ3) is 2.42. The highest BCUT2D eigenvalue weighted by Crippen LogP contribution is 2.32. The molecule has 0 bridgehead atoms. The molecule has 3 heteroatoms. The van der Waals surface area contributed by atoms with Crippen molar-refractivity contribution in [3.05, 3.63) is 23.8 Å². The van der Waals surface area contributed by atoms with Gasteiger partial charge in [-0.1, -0.05) is 13.0 Å². The van der Waals surface area contributed by atoms with Gasteiger partial charge in [-0.3, -0.25) is 0 Å². The Balaban J connectivity index is 2.13. The van der Waals surface area contributed by atoms with Crippen molar-refractivity contribution in [2.75, 3.05) is 13.2 Å². The molecule has 0 fully saturated rings. The summed E-state index contributed by atoms with van der Waals surface area (Å²) in [4.78, 5) is 0. The summed E-state index contributed by atoms with van der Waals surface area (Å²) in [5.74, 6) is 0.618. The van der Waals surface area contributed by atoms with Crippen molar-refractivity contribution in [2.24, 2.45) is 0 Å². The zero-order chi connectivity index (χ0) is 15.2. The van der Waals surface area contributed by atoms with Crippen LogP contribution in [-0.4, -0.2) is 19.3 Å². The molecular weight excluding hydrogens is 190 g/mol. The average molecular weight is 212 g/mol. The van der Waals surface area contributed by atoms with Gasteiger partial charge < -0.3 is 14.8 Å². The molecule has 0 unspecified atom stereocenters. The van der Waals surface area contributed by atoms with E-state index in [4.69, 9.17) is 16.3 Å². The third-order valence-electron chi connectivity index (χ3n) is 2.12. The second-order valence-electron chi connectivity index (χ2n) is 3.40. The molecule has 1 aromatic carbocycles. The maximum absolute atomic E-state index is 8.10. The Bertz CT molecular complexity index is 513. The van der Waals surface area contributed by atoms with Crippen LogP contribution >= 0.6 is 0 Å². The molecule has 0 saturated carbocycles. The van der Waals surface area contributed by atoms with E-state index in [1.807, 2.05) is 0 Å². The van der Waals surface area contributed by atoms with Crippen molar-refractivity contribution >= 4 is 0 Å². The molecule has 0 saturated heterocycles. The smallest absolute Gasteiger partial charge is 0.231 e. The number of hydrogen-bond donors (Lipinski definition) is 1. The molecule has 15 heavy (non-hydrogen) atoms. The first-order valence-electron chi connectivity index (χ1n) is 7.26. The SMILES string of the molecule is [2H]C([2H])(C)N[C@@]([2H])(C)Cc1ccc2c(c1)OC([2H])([2H])O2.